The van der Waals surface area contributed by atoms with Gasteiger partial charge in [-0.25, -0.2) is 4.68 Å². The van der Waals surface area contributed by atoms with Crippen molar-refractivity contribution in [1.82, 2.24) is 19.7 Å². The number of hydrogen-bond acceptors (Lipinski definition) is 5. The summed E-state index contributed by atoms with van der Waals surface area (Å²) in [6, 6.07) is 4.05. The van der Waals surface area contributed by atoms with Gasteiger partial charge in [-0.15, -0.1) is 5.10 Å². The van der Waals surface area contributed by atoms with Crippen LogP contribution < -0.4 is 11.1 Å². The molecule has 1 aliphatic heterocycles. The molecule has 0 aliphatic carbocycles. The molecule has 0 saturated carbocycles. The van der Waals surface area contributed by atoms with Crippen molar-refractivity contribution in [2.45, 2.75) is 12.5 Å². The fraction of sp³-hybridized carbons (Fsp3) is 0.364. The van der Waals surface area contributed by atoms with Gasteiger partial charge in [0.15, 0.2) is 5.82 Å². The smallest absolute Gasteiger partial charge is 0.222 e. The quantitative estimate of drug-likeness (QED) is 0.791. The first-order valence-electron chi connectivity index (χ1n) is 5.69. The lowest BCUT2D eigenvalue weighted by Crippen LogP contribution is -2.29. The van der Waals surface area contributed by atoms with Crippen molar-refractivity contribution >= 4 is 5.95 Å². The van der Waals surface area contributed by atoms with E-state index in [4.69, 9.17) is 5.73 Å². The van der Waals surface area contributed by atoms with Gasteiger partial charge in [0.25, 0.3) is 0 Å². The Bertz CT molecular complexity index is 506. The zero-order valence-electron chi connectivity index (χ0n) is 9.37. The highest BCUT2D eigenvalue weighted by molar-refractivity contribution is 5.55. The molecular formula is C11H14N6. The molecule has 0 radical (unpaired) electrons. The maximum atomic E-state index is 5.74. The van der Waals surface area contributed by atoms with E-state index in [9.17, 15) is 0 Å². The SMILES string of the molecule is NCC1CCNc2nc(-c3ccncc3)nn21. The highest BCUT2D eigenvalue weighted by Gasteiger charge is 2.21. The first kappa shape index (κ1) is 10.2. The standard InChI is InChI=1S/C11H14N6/c12-7-9-3-6-14-11-15-10(16-17(9)11)8-1-4-13-5-2-8/h1-2,4-5,9H,3,6-7,12H2,(H,14,15,16). The second kappa shape index (κ2) is 4.14. The van der Waals surface area contributed by atoms with E-state index in [-0.39, 0.29) is 6.04 Å². The van der Waals surface area contributed by atoms with E-state index in [1.165, 1.54) is 0 Å². The number of anilines is 1. The Hall–Kier alpha value is -1.95. The van der Waals surface area contributed by atoms with Gasteiger partial charge in [0.2, 0.25) is 5.95 Å². The van der Waals surface area contributed by atoms with E-state index in [1.807, 2.05) is 16.8 Å². The van der Waals surface area contributed by atoms with E-state index in [1.54, 1.807) is 12.4 Å². The molecule has 3 rings (SSSR count). The lowest BCUT2D eigenvalue weighted by atomic mass is 10.2. The van der Waals surface area contributed by atoms with E-state index < -0.39 is 0 Å². The number of rotatable bonds is 2. The van der Waals surface area contributed by atoms with Crippen molar-refractivity contribution < 1.29 is 0 Å². The summed E-state index contributed by atoms with van der Waals surface area (Å²) in [7, 11) is 0. The van der Waals surface area contributed by atoms with Gasteiger partial charge in [0.05, 0.1) is 6.04 Å². The van der Waals surface area contributed by atoms with Crippen LogP contribution in [-0.4, -0.2) is 32.8 Å². The second-order valence-electron chi connectivity index (χ2n) is 4.04. The summed E-state index contributed by atoms with van der Waals surface area (Å²) in [4.78, 5) is 8.46. The number of pyridine rings is 1. The minimum Gasteiger partial charge on any atom is -0.354 e. The van der Waals surface area contributed by atoms with Crippen LogP contribution in [0.25, 0.3) is 11.4 Å². The van der Waals surface area contributed by atoms with Crippen molar-refractivity contribution in [3.63, 3.8) is 0 Å². The van der Waals surface area contributed by atoms with Gasteiger partial charge < -0.3 is 11.1 Å². The normalized spacial score (nSPS) is 18.5. The number of nitrogens with one attached hydrogen (secondary N) is 1. The third-order valence-corrected chi connectivity index (χ3v) is 2.95. The van der Waals surface area contributed by atoms with Crippen LogP contribution in [0.4, 0.5) is 5.95 Å². The van der Waals surface area contributed by atoms with Crippen molar-refractivity contribution in [3.05, 3.63) is 24.5 Å². The molecule has 1 atom stereocenters. The molecule has 17 heavy (non-hydrogen) atoms. The number of nitrogens with two attached hydrogens (primary N) is 1. The Morgan fingerprint density at radius 2 is 2.24 bits per heavy atom. The van der Waals surface area contributed by atoms with Crippen molar-refractivity contribution in [2.75, 3.05) is 18.4 Å². The lowest BCUT2D eigenvalue weighted by Gasteiger charge is -2.22. The Kier molecular flexibility index (Phi) is 2.49. The van der Waals surface area contributed by atoms with Crippen LogP contribution in [0.5, 0.6) is 0 Å². The lowest BCUT2D eigenvalue weighted by molar-refractivity contribution is 0.427. The minimum atomic E-state index is 0.245. The first-order chi connectivity index (χ1) is 8.38. The molecule has 1 unspecified atom stereocenters. The Morgan fingerprint density at radius 1 is 1.41 bits per heavy atom. The van der Waals surface area contributed by atoms with E-state index in [2.05, 4.69) is 20.4 Å². The van der Waals surface area contributed by atoms with Crippen LogP contribution in [0.15, 0.2) is 24.5 Å². The molecule has 0 spiro atoms. The van der Waals surface area contributed by atoms with Gasteiger partial charge in [-0.05, 0) is 18.6 Å². The van der Waals surface area contributed by atoms with Crippen LogP contribution in [0, 0.1) is 0 Å². The summed E-state index contributed by atoms with van der Waals surface area (Å²) in [5.74, 6) is 1.52. The monoisotopic (exact) mass is 230 g/mol. The first-order valence-corrected chi connectivity index (χ1v) is 5.69. The minimum absolute atomic E-state index is 0.245. The Balaban J connectivity index is 2.02. The summed E-state index contributed by atoms with van der Waals surface area (Å²) >= 11 is 0. The largest absolute Gasteiger partial charge is 0.354 e. The predicted molar refractivity (Wildman–Crippen MR) is 64.5 cm³/mol. The summed E-state index contributed by atoms with van der Waals surface area (Å²) in [5, 5.41) is 7.74. The average Bonchev–Trinajstić information content (AvgIpc) is 2.83. The molecule has 0 fully saturated rings. The molecule has 3 N–H and O–H groups in total. The van der Waals surface area contributed by atoms with Crippen LogP contribution >= 0.6 is 0 Å². The molecular weight excluding hydrogens is 216 g/mol. The summed E-state index contributed by atoms with van der Waals surface area (Å²) in [6.45, 7) is 1.49. The molecule has 1 aliphatic rings. The zero-order chi connectivity index (χ0) is 11.7. The van der Waals surface area contributed by atoms with E-state index in [0.29, 0.717) is 6.54 Å². The van der Waals surface area contributed by atoms with Gasteiger partial charge in [-0.2, -0.15) is 4.98 Å². The van der Waals surface area contributed by atoms with Gasteiger partial charge >= 0.3 is 0 Å². The van der Waals surface area contributed by atoms with Crippen molar-refractivity contribution in [3.8, 4) is 11.4 Å². The maximum absolute atomic E-state index is 5.74. The van der Waals surface area contributed by atoms with Crippen LogP contribution in [0.3, 0.4) is 0 Å². The fourth-order valence-corrected chi connectivity index (χ4v) is 2.01. The third-order valence-electron chi connectivity index (χ3n) is 2.95. The zero-order valence-corrected chi connectivity index (χ0v) is 9.37. The van der Waals surface area contributed by atoms with Crippen LogP contribution in [-0.2, 0) is 0 Å². The highest BCUT2D eigenvalue weighted by Crippen LogP contribution is 2.24. The topological polar surface area (TPSA) is 81.7 Å². The second-order valence-corrected chi connectivity index (χ2v) is 4.04. The van der Waals surface area contributed by atoms with Gasteiger partial charge in [0.1, 0.15) is 0 Å². The van der Waals surface area contributed by atoms with Gasteiger partial charge in [0, 0.05) is 31.0 Å². The van der Waals surface area contributed by atoms with Gasteiger partial charge in [-0.1, -0.05) is 0 Å². The third kappa shape index (κ3) is 1.76. The molecule has 0 amide bonds. The number of fused-ring (bicyclic) bond motifs is 1. The maximum Gasteiger partial charge on any atom is 0.222 e. The summed E-state index contributed by atoms with van der Waals surface area (Å²) in [6.07, 6.45) is 4.47. The molecule has 6 heteroatoms. The number of hydrogen-bond donors (Lipinski definition) is 2. The fourth-order valence-electron chi connectivity index (χ4n) is 2.01. The molecule has 88 valence electrons. The molecule has 3 heterocycles. The van der Waals surface area contributed by atoms with Crippen LogP contribution in [0.2, 0.25) is 0 Å². The van der Waals surface area contributed by atoms with Crippen molar-refractivity contribution in [1.29, 1.82) is 0 Å². The number of aromatic nitrogens is 4. The number of nitrogens with zero attached hydrogens (tertiary/aromatic N) is 4. The predicted octanol–water partition coefficient (Wildman–Crippen LogP) is 0.655. The summed E-state index contributed by atoms with van der Waals surface area (Å²) in [5.41, 5.74) is 6.71. The average molecular weight is 230 g/mol. The Morgan fingerprint density at radius 3 is 3.00 bits per heavy atom. The van der Waals surface area contributed by atoms with E-state index in [0.717, 1.165) is 30.3 Å². The summed E-state index contributed by atoms with van der Waals surface area (Å²) < 4.78 is 1.89. The molecule has 2 aromatic heterocycles. The van der Waals surface area contributed by atoms with E-state index >= 15 is 0 Å². The van der Waals surface area contributed by atoms with Gasteiger partial charge in [-0.3, -0.25) is 4.98 Å². The molecule has 2 aromatic rings. The Labute approximate surface area is 98.9 Å². The molecule has 0 aromatic carbocycles. The van der Waals surface area contributed by atoms with Crippen LogP contribution in [0.1, 0.15) is 12.5 Å². The molecule has 0 bridgehead atoms. The van der Waals surface area contributed by atoms with Crippen molar-refractivity contribution in [2.24, 2.45) is 5.73 Å². The highest BCUT2D eigenvalue weighted by atomic mass is 15.4. The molecule has 0 saturated heterocycles. The molecule has 6 nitrogen and oxygen atoms in total.